The maximum atomic E-state index is 14.5. The largest absolute Gasteiger partial charge is 0.358 e. The fourth-order valence-electron chi connectivity index (χ4n) is 4.96. The third-order valence-corrected chi connectivity index (χ3v) is 7.62. The van der Waals surface area contributed by atoms with E-state index in [-0.39, 0.29) is 23.2 Å². The van der Waals surface area contributed by atoms with Gasteiger partial charge in [0.1, 0.15) is 17.2 Å². The topological polar surface area (TPSA) is 85.4 Å². The van der Waals surface area contributed by atoms with Crippen LogP contribution < -0.4 is 9.80 Å². The highest BCUT2D eigenvalue weighted by Crippen LogP contribution is 2.44. The molecule has 0 saturated carbocycles. The van der Waals surface area contributed by atoms with Crippen LogP contribution in [0, 0.1) is 0 Å². The molecule has 1 saturated heterocycles. The van der Waals surface area contributed by atoms with E-state index in [1.54, 1.807) is 16.5 Å². The van der Waals surface area contributed by atoms with E-state index in [4.69, 9.17) is 0 Å². The molecule has 6 rings (SSSR count). The number of halogens is 2. The minimum atomic E-state index is -3.62. The minimum Gasteiger partial charge on any atom is -0.358 e. The number of alkyl halides is 2. The number of benzene rings is 2. The zero-order valence-corrected chi connectivity index (χ0v) is 20.1. The number of para-hydroxylation sites is 3. The first-order valence-corrected chi connectivity index (χ1v) is 12.4. The van der Waals surface area contributed by atoms with Crippen LogP contribution in [-0.4, -0.2) is 63.9 Å². The van der Waals surface area contributed by atoms with Crippen molar-refractivity contribution in [3.05, 3.63) is 59.6 Å². The molecule has 2 amide bonds. The summed E-state index contributed by atoms with van der Waals surface area (Å²) in [6.45, 7) is 2.99. The number of nitrogens with zero attached hydrogens (tertiary/aromatic N) is 5. The maximum absolute atomic E-state index is 14.5. The summed E-state index contributed by atoms with van der Waals surface area (Å²) in [6.07, 6.45) is 0. The summed E-state index contributed by atoms with van der Waals surface area (Å²) in [5.41, 5.74) is 4.05. The highest BCUT2D eigenvalue weighted by atomic mass is 32.1. The predicted octanol–water partition coefficient (Wildman–Crippen LogP) is 3.86. The molecule has 184 valence electrons. The standard InChI is InChI=1S/C25H22F2N6O2S/c1-15-12-31(23-21(28-14-36-23)22-29-17-7-3-4-8-18(17)30-22)10-11-32(15)20(34)13-33-19-9-5-2-6-16(19)25(26,27)24(33)35/h2-9,14-15H,10-13H2,1H3,(H,29,30). The molecular formula is C25H22F2N6O2S. The van der Waals surface area contributed by atoms with Crippen LogP contribution in [0.2, 0.25) is 0 Å². The second-order valence-corrected chi connectivity index (χ2v) is 9.81. The molecule has 2 aliphatic heterocycles. The predicted molar refractivity (Wildman–Crippen MR) is 133 cm³/mol. The molecule has 36 heavy (non-hydrogen) atoms. The number of aromatic nitrogens is 3. The average molecular weight is 509 g/mol. The molecule has 1 atom stereocenters. The number of carbonyl (C=O) groups is 2. The number of carbonyl (C=O) groups excluding carboxylic acids is 2. The molecule has 1 fully saturated rings. The molecular weight excluding hydrogens is 486 g/mol. The van der Waals surface area contributed by atoms with Crippen LogP contribution in [0.4, 0.5) is 19.5 Å². The van der Waals surface area contributed by atoms with Crippen molar-refractivity contribution in [3.63, 3.8) is 0 Å². The first-order chi connectivity index (χ1) is 17.3. The van der Waals surface area contributed by atoms with Crippen molar-refractivity contribution in [1.29, 1.82) is 0 Å². The molecule has 0 radical (unpaired) electrons. The van der Waals surface area contributed by atoms with Crippen LogP contribution in [0.15, 0.2) is 54.0 Å². The van der Waals surface area contributed by atoms with Gasteiger partial charge in [-0.15, -0.1) is 11.3 Å². The lowest BCUT2D eigenvalue weighted by Gasteiger charge is -2.41. The van der Waals surface area contributed by atoms with E-state index in [1.165, 1.54) is 29.5 Å². The Morgan fingerprint density at radius 2 is 1.94 bits per heavy atom. The molecule has 2 aliphatic rings. The number of fused-ring (bicyclic) bond motifs is 2. The van der Waals surface area contributed by atoms with Crippen molar-refractivity contribution in [3.8, 4) is 11.5 Å². The van der Waals surface area contributed by atoms with E-state index < -0.39 is 18.4 Å². The number of rotatable bonds is 4. The summed E-state index contributed by atoms with van der Waals surface area (Å²) >= 11 is 1.51. The number of hydrogen-bond acceptors (Lipinski definition) is 6. The van der Waals surface area contributed by atoms with Gasteiger partial charge in [-0.05, 0) is 25.1 Å². The van der Waals surface area contributed by atoms with Crippen LogP contribution in [0.5, 0.6) is 0 Å². The van der Waals surface area contributed by atoms with Gasteiger partial charge in [-0.1, -0.05) is 30.3 Å². The van der Waals surface area contributed by atoms with E-state index in [1.807, 2.05) is 31.2 Å². The van der Waals surface area contributed by atoms with Crippen LogP contribution in [-0.2, 0) is 15.5 Å². The van der Waals surface area contributed by atoms with Gasteiger partial charge in [-0.3, -0.25) is 14.5 Å². The monoisotopic (exact) mass is 508 g/mol. The molecule has 0 aliphatic carbocycles. The van der Waals surface area contributed by atoms with Crippen LogP contribution >= 0.6 is 11.3 Å². The van der Waals surface area contributed by atoms with E-state index >= 15 is 0 Å². The van der Waals surface area contributed by atoms with Crippen LogP contribution in [0.25, 0.3) is 22.6 Å². The first-order valence-electron chi connectivity index (χ1n) is 11.6. The number of thiazole rings is 1. The van der Waals surface area contributed by atoms with E-state index in [0.29, 0.717) is 25.5 Å². The highest BCUT2D eigenvalue weighted by molar-refractivity contribution is 7.14. The quantitative estimate of drug-likeness (QED) is 0.453. The van der Waals surface area contributed by atoms with Gasteiger partial charge in [0, 0.05) is 25.7 Å². The summed E-state index contributed by atoms with van der Waals surface area (Å²) in [5.74, 6) is -4.65. The normalized spacial score (nSPS) is 19.2. The lowest BCUT2D eigenvalue weighted by atomic mass is 10.1. The van der Waals surface area contributed by atoms with Crippen LogP contribution in [0.3, 0.4) is 0 Å². The van der Waals surface area contributed by atoms with Gasteiger partial charge in [0.2, 0.25) is 5.91 Å². The summed E-state index contributed by atoms with van der Waals surface area (Å²) in [6, 6.07) is 13.3. The number of piperazine rings is 1. The second-order valence-electron chi connectivity index (χ2n) is 8.97. The summed E-state index contributed by atoms with van der Waals surface area (Å²) < 4.78 is 28.9. The fourth-order valence-corrected chi connectivity index (χ4v) is 5.79. The highest BCUT2D eigenvalue weighted by Gasteiger charge is 2.53. The molecule has 1 N–H and O–H groups in total. The number of nitrogens with one attached hydrogen (secondary N) is 1. The van der Waals surface area contributed by atoms with Gasteiger partial charge in [0.25, 0.3) is 0 Å². The molecule has 8 nitrogen and oxygen atoms in total. The SMILES string of the molecule is CC1CN(c2scnc2-c2nc3ccccc3[nH]2)CCN1C(=O)CN1C(=O)C(F)(F)c2ccccc21. The Labute approximate surface area is 209 Å². The lowest BCUT2D eigenvalue weighted by Crippen LogP contribution is -2.56. The van der Waals surface area contributed by atoms with Crippen molar-refractivity contribution < 1.29 is 18.4 Å². The smallest absolute Gasteiger partial charge is 0.352 e. The molecule has 11 heteroatoms. The Morgan fingerprint density at radius 1 is 1.17 bits per heavy atom. The third-order valence-electron chi connectivity index (χ3n) is 6.74. The molecule has 0 bridgehead atoms. The van der Waals surface area contributed by atoms with Crippen molar-refractivity contribution in [2.75, 3.05) is 36.0 Å². The summed E-state index contributed by atoms with van der Waals surface area (Å²) in [4.78, 5) is 42.8. The van der Waals surface area contributed by atoms with Gasteiger partial charge < -0.3 is 14.8 Å². The Kier molecular flexibility index (Phi) is 5.25. The molecule has 1 unspecified atom stereocenters. The second kappa shape index (κ2) is 8.37. The van der Waals surface area contributed by atoms with Gasteiger partial charge in [0.15, 0.2) is 5.82 Å². The van der Waals surface area contributed by atoms with Crippen molar-refractivity contribution in [2.24, 2.45) is 0 Å². The van der Waals surface area contributed by atoms with Crippen molar-refractivity contribution in [1.82, 2.24) is 19.9 Å². The fraction of sp³-hybridized carbons (Fsp3) is 0.280. The maximum Gasteiger partial charge on any atom is 0.352 e. The van der Waals surface area contributed by atoms with Gasteiger partial charge >= 0.3 is 11.8 Å². The van der Waals surface area contributed by atoms with Crippen molar-refractivity contribution >= 4 is 44.9 Å². The van der Waals surface area contributed by atoms with Crippen LogP contribution in [0.1, 0.15) is 12.5 Å². The molecule has 0 spiro atoms. The average Bonchev–Trinajstić information content (AvgIpc) is 3.57. The number of anilines is 2. The molecule has 4 aromatic rings. The number of hydrogen-bond donors (Lipinski definition) is 1. The lowest BCUT2D eigenvalue weighted by molar-refractivity contribution is -0.143. The van der Waals surface area contributed by atoms with Crippen molar-refractivity contribution in [2.45, 2.75) is 18.9 Å². The summed E-state index contributed by atoms with van der Waals surface area (Å²) in [5, 5.41) is 0.955. The van der Waals surface area contributed by atoms with E-state index in [9.17, 15) is 18.4 Å². The van der Waals surface area contributed by atoms with E-state index in [2.05, 4.69) is 19.9 Å². The minimum absolute atomic E-state index is 0.0901. The van der Waals surface area contributed by atoms with Gasteiger partial charge in [-0.25, -0.2) is 9.97 Å². The number of aromatic amines is 1. The van der Waals surface area contributed by atoms with Gasteiger partial charge in [0.05, 0.1) is 27.8 Å². The Morgan fingerprint density at radius 3 is 2.75 bits per heavy atom. The zero-order chi connectivity index (χ0) is 25.0. The molecule has 2 aromatic carbocycles. The molecule has 2 aromatic heterocycles. The Bertz CT molecular complexity index is 1450. The van der Waals surface area contributed by atoms with Gasteiger partial charge in [-0.2, -0.15) is 8.78 Å². The number of imidazole rings is 1. The zero-order valence-electron chi connectivity index (χ0n) is 19.3. The van der Waals surface area contributed by atoms with E-state index in [0.717, 1.165) is 26.6 Å². The number of amides is 2. The third kappa shape index (κ3) is 3.53. The first kappa shape index (κ1) is 22.6. The Balaban J connectivity index is 1.18. The Hall–Kier alpha value is -3.86. The summed E-state index contributed by atoms with van der Waals surface area (Å²) in [7, 11) is 0. The molecule has 4 heterocycles. The number of H-pyrrole nitrogens is 1.